The highest BCUT2D eigenvalue weighted by Gasteiger charge is 2.37. The van der Waals surface area contributed by atoms with E-state index in [9.17, 15) is 13.2 Å². The molecule has 0 aromatic carbocycles. The van der Waals surface area contributed by atoms with Crippen LogP contribution < -0.4 is 0 Å². The van der Waals surface area contributed by atoms with Crippen LogP contribution in [0.2, 0.25) is 0 Å². The number of amides is 1. The molecule has 0 spiro atoms. The zero-order chi connectivity index (χ0) is 18.7. The van der Waals surface area contributed by atoms with Crippen molar-refractivity contribution >= 4 is 15.9 Å². The second-order valence-electron chi connectivity index (χ2n) is 8.94. The minimum atomic E-state index is -3.14. The third-order valence-corrected chi connectivity index (χ3v) is 7.42. The maximum Gasteiger partial charge on any atom is 0.226 e. The lowest BCUT2D eigenvalue weighted by Crippen LogP contribution is -2.46. The standard InChI is InChI=1S/C19H36N2O3S/c1-5-6-14-25(23,24)20-12-9-16(10-13-20)18(22)21-11-7-8-17(21)15-19(2,3)4/h16-17H,5-15H2,1-4H3. The van der Waals surface area contributed by atoms with E-state index in [-0.39, 0.29) is 23.0 Å². The highest BCUT2D eigenvalue weighted by Crippen LogP contribution is 2.32. The summed E-state index contributed by atoms with van der Waals surface area (Å²) in [7, 11) is -3.14. The first-order valence-corrected chi connectivity index (χ1v) is 11.5. The molecule has 0 N–H and O–H groups in total. The molecule has 2 rings (SSSR count). The smallest absolute Gasteiger partial charge is 0.226 e. The normalized spacial score (nSPS) is 24.0. The Morgan fingerprint density at radius 2 is 1.72 bits per heavy atom. The van der Waals surface area contributed by atoms with Crippen LogP contribution in [0, 0.1) is 11.3 Å². The average molecular weight is 373 g/mol. The fraction of sp³-hybridized carbons (Fsp3) is 0.947. The molecule has 0 aromatic heterocycles. The molecule has 2 fully saturated rings. The Kier molecular flexibility index (Phi) is 6.94. The molecule has 2 saturated heterocycles. The van der Waals surface area contributed by atoms with Crippen molar-refractivity contribution in [1.82, 2.24) is 9.21 Å². The molecule has 0 aromatic rings. The summed E-state index contributed by atoms with van der Waals surface area (Å²) in [5.41, 5.74) is 0.226. The van der Waals surface area contributed by atoms with E-state index in [0.29, 0.717) is 38.4 Å². The van der Waals surface area contributed by atoms with Gasteiger partial charge in [-0.25, -0.2) is 12.7 Å². The van der Waals surface area contributed by atoms with Crippen LogP contribution in [-0.2, 0) is 14.8 Å². The van der Waals surface area contributed by atoms with Gasteiger partial charge < -0.3 is 4.90 Å². The summed E-state index contributed by atoms with van der Waals surface area (Å²) >= 11 is 0. The quantitative estimate of drug-likeness (QED) is 0.719. The molecule has 5 nitrogen and oxygen atoms in total. The van der Waals surface area contributed by atoms with E-state index in [0.717, 1.165) is 32.2 Å². The van der Waals surface area contributed by atoms with Crippen LogP contribution >= 0.6 is 0 Å². The average Bonchev–Trinajstić information content (AvgIpc) is 2.98. The monoisotopic (exact) mass is 372 g/mol. The van der Waals surface area contributed by atoms with Gasteiger partial charge in [-0.2, -0.15) is 0 Å². The van der Waals surface area contributed by atoms with Crippen molar-refractivity contribution in [3.63, 3.8) is 0 Å². The number of likely N-dealkylation sites (tertiary alicyclic amines) is 1. The Balaban J connectivity index is 1.90. The lowest BCUT2D eigenvalue weighted by molar-refractivity contribution is -0.138. The fourth-order valence-electron chi connectivity index (χ4n) is 4.12. The topological polar surface area (TPSA) is 57.7 Å². The van der Waals surface area contributed by atoms with Crippen molar-refractivity contribution in [2.24, 2.45) is 11.3 Å². The predicted molar refractivity (Wildman–Crippen MR) is 102 cm³/mol. The van der Waals surface area contributed by atoms with Gasteiger partial charge in [0.15, 0.2) is 0 Å². The number of nitrogens with zero attached hydrogens (tertiary/aromatic N) is 2. The van der Waals surface area contributed by atoms with Gasteiger partial charge in [0, 0.05) is 31.6 Å². The van der Waals surface area contributed by atoms with Crippen molar-refractivity contribution in [2.75, 3.05) is 25.4 Å². The Bertz CT molecular complexity index is 546. The zero-order valence-corrected chi connectivity index (χ0v) is 17.3. The molecule has 6 heteroatoms. The number of unbranched alkanes of at least 4 members (excludes halogenated alkanes) is 1. The number of piperidine rings is 1. The first kappa shape index (κ1) is 20.7. The third kappa shape index (κ3) is 5.68. The molecule has 2 aliphatic heterocycles. The van der Waals surface area contributed by atoms with E-state index in [4.69, 9.17) is 0 Å². The fourth-order valence-corrected chi connectivity index (χ4v) is 5.80. The van der Waals surface area contributed by atoms with E-state index in [1.807, 2.05) is 6.92 Å². The van der Waals surface area contributed by atoms with Gasteiger partial charge in [-0.1, -0.05) is 34.1 Å². The van der Waals surface area contributed by atoms with Gasteiger partial charge in [0.1, 0.15) is 0 Å². The summed E-state index contributed by atoms with van der Waals surface area (Å²) in [5.74, 6) is 0.498. The molecule has 2 aliphatic rings. The Morgan fingerprint density at radius 1 is 1.08 bits per heavy atom. The van der Waals surface area contributed by atoms with Gasteiger partial charge in [-0.15, -0.1) is 0 Å². The van der Waals surface area contributed by atoms with Crippen molar-refractivity contribution in [3.05, 3.63) is 0 Å². The number of rotatable bonds is 6. The van der Waals surface area contributed by atoms with Crippen molar-refractivity contribution in [1.29, 1.82) is 0 Å². The first-order valence-electron chi connectivity index (χ1n) is 9.92. The molecule has 1 atom stereocenters. The van der Waals surface area contributed by atoms with Crippen LogP contribution in [-0.4, -0.2) is 55.0 Å². The largest absolute Gasteiger partial charge is 0.339 e. The van der Waals surface area contributed by atoms with Gasteiger partial charge in [0.2, 0.25) is 15.9 Å². The van der Waals surface area contributed by atoms with E-state index in [1.165, 1.54) is 0 Å². The molecule has 0 aliphatic carbocycles. The molecule has 0 saturated carbocycles. The Morgan fingerprint density at radius 3 is 2.28 bits per heavy atom. The molecular formula is C19H36N2O3S. The second kappa shape index (κ2) is 8.38. The molecule has 1 unspecified atom stereocenters. The number of hydrogen-bond donors (Lipinski definition) is 0. The van der Waals surface area contributed by atoms with Crippen LogP contribution in [0.15, 0.2) is 0 Å². The third-order valence-electron chi connectivity index (χ3n) is 5.46. The second-order valence-corrected chi connectivity index (χ2v) is 11.0. The zero-order valence-electron chi connectivity index (χ0n) is 16.5. The summed E-state index contributed by atoms with van der Waals surface area (Å²) < 4.78 is 26.2. The van der Waals surface area contributed by atoms with Gasteiger partial charge in [-0.3, -0.25) is 4.79 Å². The predicted octanol–water partition coefficient (Wildman–Crippen LogP) is 3.26. The maximum absolute atomic E-state index is 13.0. The molecule has 0 bridgehead atoms. The van der Waals surface area contributed by atoms with Gasteiger partial charge in [0.05, 0.1) is 5.75 Å². The highest BCUT2D eigenvalue weighted by molar-refractivity contribution is 7.89. The SMILES string of the molecule is CCCCS(=O)(=O)N1CCC(C(=O)N2CCCC2CC(C)(C)C)CC1. The van der Waals surface area contributed by atoms with Crippen LogP contribution in [0.5, 0.6) is 0 Å². The maximum atomic E-state index is 13.0. The number of hydrogen-bond acceptors (Lipinski definition) is 3. The molecule has 2 heterocycles. The van der Waals surface area contributed by atoms with E-state index in [2.05, 4.69) is 25.7 Å². The highest BCUT2D eigenvalue weighted by atomic mass is 32.2. The molecule has 25 heavy (non-hydrogen) atoms. The number of carbonyl (C=O) groups excluding carboxylic acids is 1. The van der Waals surface area contributed by atoms with Gasteiger partial charge >= 0.3 is 0 Å². The summed E-state index contributed by atoms with van der Waals surface area (Å²) in [6, 6.07) is 0.360. The van der Waals surface area contributed by atoms with Gasteiger partial charge in [-0.05, 0) is 43.9 Å². The lowest BCUT2D eigenvalue weighted by atomic mass is 9.86. The minimum Gasteiger partial charge on any atom is -0.339 e. The van der Waals surface area contributed by atoms with Crippen LogP contribution in [0.25, 0.3) is 0 Å². The minimum absolute atomic E-state index is 0.00167. The molecule has 146 valence electrons. The summed E-state index contributed by atoms with van der Waals surface area (Å²) in [6.07, 6.45) is 6.18. The van der Waals surface area contributed by atoms with Crippen molar-refractivity contribution in [2.45, 2.75) is 78.7 Å². The number of sulfonamides is 1. The van der Waals surface area contributed by atoms with Crippen LogP contribution in [0.3, 0.4) is 0 Å². The van der Waals surface area contributed by atoms with Crippen LogP contribution in [0.4, 0.5) is 0 Å². The van der Waals surface area contributed by atoms with E-state index in [1.54, 1.807) is 4.31 Å². The van der Waals surface area contributed by atoms with Crippen molar-refractivity contribution < 1.29 is 13.2 Å². The molecule has 1 amide bonds. The van der Waals surface area contributed by atoms with E-state index >= 15 is 0 Å². The van der Waals surface area contributed by atoms with Crippen molar-refractivity contribution in [3.8, 4) is 0 Å². The van der Waals surface area contributed by atoms with Crippen LogP contribution in [0.1, 0.15) is 72.6 Å². The van der Waals surface area contributed by atoms with E-state index < -0.39 is 10.0 Å². The van der Waals surface area contributed by atoms with Gasteiger partial charge in [0.25, 0.3) is 0 Å². The molecular weight excluding hydrogens is 336 g/mol. The summed E-state index contributed by atoms with van der Waals surface area (Å²) in [6.45, 7) is 10.6. The lowest BCUT2D eigenvalue weighted by Gasteiger charge is -2.36. The Hall–Kier alpha value is -0.620. The summed E-state index contributed by atoms with van der Waals surface area (Å²) in [4.78, 5) is 15.1. The Labute approximate surface area is 154 Å². The number of carbonyl (C=O) groups is 1. The first-order chi connectivity index (χ1) is 11.6. The molecule has 0 radical (unpaired) electrons. The summed E-state index contributed by atoms with van der Waals surface area (Å²) in [5, 5.41) is 0.